The first-order valence-corrected chi connectivity index (χ1v) is 7.63. The maximum atomic E-state index is 14.0. The molecular weight excluding hydrogens is 324 g/mol. The van der Waals surface area contributed by atoms with Crippen molar-refractivity contribution < 1.29 is 27.1 Å². The Kier molecular flexibility index (Phi) is 4.79. The predicted octanol–water partition coefficient (Wildman–Crippen LogP) is 4.99. The first kappa shape index (κ1) is 18.5. The Bertz CT molecular complexity index is 689. The lowest BCUT2D eigenvalue weighted by atomic mass is 9.98. The molecule has 1 aliphatic rings. The van der Waals surface area contributed by atoms with Crippen molar-refractivity contribution in [1.29, 1.82) is 0 Å². The highest BCUT2D eigenvalue weighted by molar-refractivity contribution is 5.78. The molecule has 0 unspecified atom stereocenters. The lowest BCUT2D eigenvalue weighted by Crippen LogP contribution is -2.13. The lowest BCUT2D eigenvalue weighted by Gasteiger charge is -2.15. The molecular formula is C18H20F4O2. The van der Waals surface area contributed by atoms with Crippen LogP contribution in [0.1, 0.15) is 36.1 Å². The number of hydrogen-bond donors (Lipinski definition) is 0. The summed E-state index contributed by atoms with van der Waals surface area (Å²) < 4.78 is 58.0. The van der Waals surface area contributed by atoms with Gasteiger partial charge in [0.15, 0.2) is 0 Å². The molecule has 2 rings (SSSR count). The van der Waals surface area contributed by atoms with Crippen molar-refractivity contribution in [2.24, 2.45) is 17.3 Å². The monoisotopic (exact) mass is 344 g/mol. The maximum Gasteiger partial charge on any atom is 0.310 e. The van der Waals surface area contributed by atoms with E-state index in [0.717, 1.165) is 6.08 Å². The van der Waals surface area contributed by atoms with Gasteiger partial charge >= 0.3 is 5.97 Å². The summed E-state index contributed by atoms with van der Waals surface area (Å²) in [6.45, 7) is 7.43. The van der Waals surface area contributed by atoms with E-state index in [1.54, 1.807) is 13.8 Å². The highest BCUT2D eigenvalue weighted by Gasteiger charge is 2.62. The van der Waals surface area contributed by atoms with Gasteiger partial charge in [0.2, 0.25) is 0 Å². The Labute approximate surface area is 138 Å². The molecule has 0 radical (unpaired) electrons. The molecule has 1 aliphatic carbocycles. The summed E-state index contributed by atoms with van der Waals surface area (Å²) in [5.74, 6) is -3.25. The second-order valence-electron chi connectivity index (χ2n) is 6.87. The minimum atomic E-state index is -1.84. The van der Waals surface area contributed by atoms with E-state index in [1.165, 1.54) is 20.8 Å². The van der Waals surface area contributed by atoms with Crippen molar-refractivity contribution in [3.05, 3.63) is 46.0 Å². The average Bonchev–Trinajstić information content (AvgIpc) is 3.02. The summed E-state index contributed by atoms with van der Waals surface area (Å²) in [7, 11) is 0. The highest BCUT2D eigenvalue weighted by Crippen LogP contribution is 2.60. The molecule has 24 heavy (non-hydrogen) atoms. The molecule has 1 aromatic rings. The number of benzene rings is 1. The molecule has 6 heteroatoms. The number of rotatable bonds is 4. The third-order valence-electron chi connectivity index (χ3n) is 5.05. The van der Waals surface area contributed by atoms with Gasteiger partial charge in [0, 0.05) is 17.0 Å². The molecule has 0 heterocycles. The van der Waals surface area contributed by atoms with E-state index >= 15 is 0 Å². The Hall–Kier alpha value is -1.85. The summed E-state index contributed by atoms with van der Waals surface area (Å²) in [4.78, 5) is 12.2. The molecule has 1 fully saturated rings. The number of hydrogen-bond acceptors (Lipinski definition) is 2. The van der Waals surface area contributed by atoms with Crippen LogP contribution in [0.3, 0.4) is 0 Å². The van der Waals surface area contributed by atoms with Gasteiger partial charge in [0.1, 0.15) is 18.2 Å². The summed E-state index contributed by atoms with van der Waals surface area (Å²) in [5, 5.41) is 0. The van der Waals surface area contributed by atoms with Crippen molar-refractivity contribution >= 4 is 5.97 Å². The van der Waals surface area contributed by atoms with Gasteiger partial charge in [-0.25, -0.2) is 8.78 Å². The molecule has 0 spiro atoms. The third kappa shape index (κ3) is 3.06. The van der Waals surface area contributed by atoms with Crippen LogP contribution in [-0.4, -0.2) is 5.97 Å². The third-order valence-corrected chi connectivity index (χ3v) is 5.05. The predicted molar refractivity (Wildman–Crippen MR) is 81.4 cm³/mol. The topological polar surface area (TPSA) is 26.3 Å². The smallest absolute Gasteiger partial charge is 0.310 e. The van der Waals surface area contributed by atoms with Crippen LogP contribution in [-0.2, 0) is 16.1 Å². The number of ether oxygens (including phenoxy) is 1. The average molecular weight is 344 g/mol. The maximum absolute atomic E-state index is 14.0. The number of carbonyl (C=O) groups is 1. The zero-order valence-electron chi connectivity index (χ0n) is 14.3. The fourth-order valence-corrected chi connectivity index (χ4v) is 3.23. The molecule has 0 aliphatic heterocycles. The lowest BCUT2D eigenvalue weighted by molar-refractivity contribution is -0.147. The summed E-state index contributed by atoms with van der Waals surface area (Å²) in [6, 6.07) is 0. The largest absolute Gasteiger partial charge is 0.461 e. The Morgan fingerprint density at radius 2 is 1.58 bits per heavy atom. The molecule has 2 atom stereocenters. The fraction of sp³-hybridized carbons (Fsp3) is 0.500. The summed E-state index contributed by atoms with van der Waals surface area (Å²) in [6.07, 6.45) is -1.08. The molecule has 0 bridgehead atoms. The van der Waals surface area contributed by atoms with Crippen molar-refractivity contribution in [3.63, 3.8) is 0 Å². The summed E-state index contributed by atoms with van der Waals surface area (Å²) in [5.41, 5.74) is 0.0215. The first-order chi connectivity index (χ1) is 11.0. The van der Waals surface area contributed by atoms with Gasteiger partial charge in [-0.15, -0.1) is 0 Å². The van der Waals surface area contributed by atoms with Gasteiger partial charge < -0.3 is 4.74 Å². The van der Waals surface area contributed by atoms with E-state index in [4.69, 9.17) is 4.74 Å². The van der Waals surface area contributed by atoms with E-state index in [1.807, 2.05) is 0 Å². The quantitative estimate of drug-likeness (QED) is 0.568. The van der Waals surface area contributed by atoms with Gasteiger partial charge in [0.05, 0.1) is 5.92 Å². The van der Waals surface area contributed by atoms with E-state index in [-0.39, 0.29) is 28.9 Å². The standard InChI is InChI=1S/C18H20F4O2/c1-8-11(9(2)16(22)10(3)15(8)21)7-24-17(23)14-12(6-13(19)20)18(14,4)5/h6,12,14H,7H2,1-5H3/t12-,14+/m1/s1. The van der Waals surface area contributed by atoms with Crippen LogP contribution in [0.5, 0.6) is 0 Å². The molecule has 0 saturated heterocycles. The zero-order valence-corrected chi connectivity index (χ0v) is 14.3. The van der Waals surface area contributed by atoms with E-state index in [9.17, 15) is 22.4 Å². The zero-order chi connectivity index (χ0) is 18.4. The van der Waals surface area contributed by atoms with Crippen LogP contribution in [0.4, 0.5) is 17.6 Å². The van der Waals surface area contributed by atoms with Crippen LogP contribution in [0, 0.1) is 49.7 Å². The number of carbonyl (C=O) groups excluding carboxylic acids is 1. The van der Waals surface area contributed by atoms with E-state index in [2.05, 4.69) is 0 Å². The van der Waals surface area contributed by atoms with Crippen molar-refractivity contribution in [2.45, 2.75) is 41.2 Å². The van der Waals surface area contributed by atoms with Crippen LogP contribution in [0.15, 0.2) is 12.2 Å². The van der Waals surface area contributed by atoms with Gasteiger partial charge in [-0.1, -0.05) is 13.8 Å². The summed E-state index contributed by atoms with van der Waals surface area (Å²) >= 11 is 0. The highest BCUT2D eigenvalue weighted by atomic mass is 19.3. The van der Waals surface area contributed by atoms with E-state index in [0.29, 0.717) is 0 Å². The minimum Gasteiger partial charge on any atom is -0.461 e. The second kappa shape index (κ2) is 6.22. The normalized spacial score (nSPS) is 21.4. The Morgan fingerprint density at radius 3 is 2.04 bits per heavy atom. The minimum absolute atomic E-state index is 0.0768. The van der Waals surface area contributed by atoms with Crippen LogP contribution >= 0.6 is 0 Å². The molecule has 0 amide bonds. The molecule has 1 aromatic carbocycles. The van der Waals surface area contributed by atoms with Crippen LogP contribution < -0.4 is 0 Å². The molecule has 2 nitrogen and oxygen atoms in total. The van der Waals surface area contributed by atoms with E-state index < -0.39 is 40.9 Å². The fourth-order valence-electron chi connectivity index (χ4n) is 3.23. The Balaban J connectivity index is 2.16. The second-order valence-corrected chi connectivity index (χ2v) is 6.87. The Morgan fingerprint density at radius 1 is 1.08 bits per heavy atom. The number of allylic oxidation sites excluding steroid dienone is 1. The molecule has 0 N–H and O–H groups in total. The van der Waals surface area contributed by atoms with Crippen molar-refractivity contribution in [3.8, 4) is 0 Å². The van der Waals surface area contributed by atoms with Gasteiger partial charge in [-0.2, -0.15) is 8.78 Å². The van der Waals surface area contributed by atoms with Crippen LogP contribution in [0.2, 0.25) is 0 Å². The van der Waals surface area contributed by atoms with Crippen LogP contribution in [0.25, 0.3) is 0 Å². The molecule has 132 valence electrons. The van der Waals surface area contributed by atoms with Gasteiger partial charge in [-0.3, -0.25) is 4.79 Å². The van der Waals surface area contributed by atoms with Gasteiger partial charge in [0.25, 0.3) is 6.08 Å². The van der Waals surface area contributed by atoms with Crippen molar-refractivity contribution in [1.82, 2.24) is 0 Å². The molecule has 0 aromatic heterocycles. The number of esters is 1. The number of halogens is 4. The van der Waals surface area contributed by atoms with Gasteiger partial charge in [-0.05, 0) is 43.4 Å². The SMILES string of the molecule is Cc1c(F)c(C)c(COC(=O)[C@@H]2[C@@H](C=C(F)F)C2(C)C)c(C)c1F. The molecule has 1 saturated carbocycles. The van der Waals surface area contributed by atoms with Crippen molar-refractivity contribution in [2.75, 3.05) is 0 Å². The first-order valence-electron chi connectivity index (χ1n) is 7.63.